The first-order valence-corrected chi connectivity index (χ1v) is 6.56. The van der Waals surface area contributed by atoms with Crippen LogP contribution in [0.15, 0.2) is 12.3 Å². The van der Waals surface area contributed by atoms with Gasteiger partial charge in [0.25, 0.3) is 0 Å². The highest BCUT2D eigenvalue weighted by molar-refractivity contribution is 5.05. The van der Waals surface area contributed by atoms with Crippen LogP contribution in [-0.4, -0.2) is 17.5 Å². The molecule has 0 N–H and O–H groups in total. The average molecular weight is 223 g/mol. The zero-order chi connectivity index (χ0) is 12.6. The van der Waals surface area contributed by atoms with E-state index in [9.17, 15) is 0 Å². The van der Waals surface area contributed by atoms with Gasteiger partial charge in [-0.25, -0.2) is 0 Å². The van der Waals surface area contributed by atoms with Crippen molar-refractivity contribution in [1.82, 2.24) is 4.90 Å². The van der Waals surface area contributed by atoms with E-state index in [1.165, 1.54) is 31.5 Å². The average Bonchev–Trinajstić information content (AvgIpc) is 2.43. The van der Waals surface area contributed by atoms with E-state index in [0.717, 1.165) is 0 Å². The normalized spacial score (nSPS) is 20.4. The lowest BCUT2D eigenvalue weighted by atomic mass is 9.76. The largest absolute Gasteiger partial charge is 0.372 e. The summed E-state index contributed by atoms with van der Waals surface area (Å²) in [6, 6.07) is 0.627. The van der Waals surface area contributed by atoms with Gasteiger partial charge in [0.1, 0.15) is 0 Å². The molecule has 1 unspecified atom stereocenters. The van der Waals surface area contributed by atoms with Crippen molar-refractivity contribution in [1.29, 1.82) is 0 Å². The summed E-state index contributed by atoms with van der Waals surface area (Å²) in [5.41, 5.74) is 2.07. The lowest BCUT2D eigenvalue weighted by Gasteiger charge is -2.43. The molecule has 1 aliphatic heterocycles. The van der Waals surface area contributed by atoms with Crippen LogP contribution in [0.3, 0.4) is 0 Å². The van der Waals surface area contributed by atoms with Crippen molar-refractivity contribution < 1.29 is 0 Å². The van der Waals surface area contributed by atoms with E-state index in [-0.39, 0.29) is 0 Å². The Morgan fingerprint density at radius 2 is 1.75 bits per heavy atom. The molecule has 0 radical (unpaired) electrons. The molecule has 0 aromatic rings. The number of rotatable bonds is 2. The summed E-state index contributed by atoms with van der Waals surface area (Å²) in [5.74, 6) is 0. The van der Waals surface area contributed by atoms with Crippen molar-refractivity contribution in [2.24, 2.45) is 10.8 Å². The van der Waals surface area contributed by atoms with Crippen molar-refractivity contribution >= 4 is 0 Å². The van der Waals surface area contributed by atoms with Gasteiger partial charge >= 0.3 is 0 Å². The molecule has 0 aromatic heterocycles. The Hall–Kier alpha value is -0.460. The van der Waals surface area contributed by atoms with Gasteiger partial charge in [0.15, 0.2) is 0 Å². The van der Waals surface area contributed by atoms with Crippen molar-refractivity contribution in [3.05, 3.63) is 12.3 Å². The quantitative estimate of drug-likeness (QED) is 0.668. The molecule has 1 atom stereocenters. The highest BCUT2D eigenvalue weighted by atomic mass is 15.2. The molecule has 1 heteroatoms. The molecule has 0 saturated carbocycles. The maximum Gasteiger partial charge on any atom is 0.0340 e. The lowest BCUT2D eigenvalue weighted by Crippen LogP contribution is -2.43. The minimum atomic E-state index is 0.334. The van der Waals surface area contributed by atoms with E-state index < -0.39 is 0 Å². The van der Waals surface area contributed by atoms with Crippen molar-refractivity contribution in [2.75, 3.05) is 6.54 Å². The second-order valence-electron chi connectivity index (χ2n) is 7.51. The summed E-state index contributed by atoms with van der Waals surface area (Å²) in [4.78, 5) is 2.56. The third-order valence-electron chi connectivity index (χ3n) is 3.45. The molecule has 1 nitrogen and oxygen atoms in total. The van der Waals surface area contributed by atoms with Gasteiger partial charge in [0.2, 0.25) is 0 Å². The second kappa shape index (κ2) is 4.43. The van der Waals surface area contributed by atoms with Gasteiger partial charge in [-0.2, -0.15) is 0 Å². The maximum atomic E-state index is 4.23. The zero-order valence-corrected chi connectivity index (χ0v) is 12.1. The highest BCUT2D eigenvalue weighted by Crippen LogP contribution is 2.38. The molecule has 0 spiro atoms. The van der Waals surface area contributed by atoms with E-state index in [2.05, 4.69) is 53.0 Å². The molecule has 0 amide bonds. The maximum absolute atomic E-state index is 4.23. The summed E-state index contributed by atoms with van der Waals surface area (Å²) in [6.45, 7) is 19.5. The molecule has 0 bridgehead atoms. The first-order chi connectivity index (χ1) is 7.11. The van der Waals surface area contributed by atoms with Crippen LogP contribution in [0.4, 0.5) is 0 Å². The molecular weight excluding hydrogens is 194 g/mol. The Kier molecular flexibility index (Phi) is 3.76. The first-order valence-electron chi connectivity index (χ1n) is 6.56. The van der Waals surface area contributed by atoms with Crippen LogP contribution in [-0.2, 0) is 0 Å². The number of hydrogen-bond acceptors (Lipinski definition) is 1. The van der Waals surface area contributed by atoms with E-state index >= 15 is 0 Å². The topological polar surface area (TPSA) is 3.24 Å². The first kappa shape index (κ1) is 13.6. The number of likely N-dealkylation sites (tertiary alicyclic amines) is 1. The third kappa shape index (κ3) is 3.54. The molecule has 1 saturated heterocycles. The fourth-order valence-corrected chi connectivity index (χ4v) is 2.60. The van der Waals surface area contributed by atoms with E-state index in [1.807, 2.05) is 0 Å². The fourth-order valence-electron chi connectivity index (χ4n) is 2.60. The third-order valence-corrected chi connectivity index (χ3v) is 3.45. The van der Waals surface area contributed by atoms with E-state index in [4.69, 9.17) is 0 Å². The predicted molar refractivity (Wildman–Crippen MR) is 72.4 cm³/mol. The Labute approximate surface area is 102 Å². The van der Waals surface area contributed by atoms with Crippen molar-refractivity contribution in [3.63, 3.8) is 0 Å². The van der Waals surface area contributed by atoms with Crippen LogP contribution >= 0.6 is 0 Å². The Morgan fingerprint density at radius 1 is 1.19 bits per heavy atom. The van der Waals surface area contributed by atoms with Gasteiger partial charge in [-0.15, -0.1) is 0 Å². The molecule has 0 aliphatic carbocycles. The summed E-state index contributed by atoms with van der Waals surface area (Å²) >= 11 is 0. The Morgan fingerprint density at radius 3 is 2.06 bits per heavy atom. The molecule has 94 valence electrons. The predicted octanol–water partition coefficient (Wildman–Crippen LogP) is 4.45. The molecule has 1 aliphatic rings. The van der Waals surface area contributed by atoms with Gasteiger partial charge in [-0.1, -0.05) is 48.1 Å². The van der Waals surface area contributed by atoms with Crippen LogP contribution in [0.5, 0.6) is 0 Å². The van der Waals surface area contributed by atoms with Crippen LogP contribution in [0.25, 0.3) is 0 Å². The molecule has 1 rings (SSSR count). The lowest BCUT2D eigenvalue weighted by molar-refractivity contribution is 0.103. The number of nitrogens with zero attached hydrogens (tertiary/aromatic N) is 1. The van der Waals surface area contributed by atoms with Crippen LogP contribution in [0.2, 0.25) is 0 Å². The molecule has 0 aromatic carbocycles. The van der Waals surface area contributed by atoms with Gasteiger partial charge in [-0.05, 0) is 30.1 Å². The van der Waals surface area contributed by atoms with Gasteiger partial charge in [-0.3, -0.25) is 0 Å². The minimum Gasteiger partial charge on any atom is -0.372 e. The summed E-state index contributed by atoms with van der Waals surface area (Å²) in [7, 11) is 0. The van der Waals surface area contributed by atoms with Gasteiger partial charge in [0, 0.05) is 18.3 Å². The van der Waals surface area contributed by atoms with Crippen LogP contribution in [0.1, 0.15) is 60.8 Å². The minimum absolute atomic E-state index is 0.334. The van der Waals surface area contributed by atoms with E-state index in [1.54, 1.807) is 0 Å². The summed E-state index contributed by atoms with van der Waals surface area (Å²) in [5, 5.41) is 0. The SMILES string of the molecule is C=C1CCCN1C(CC(C)(C)C)C(C)(C)C. The molecule has 16 heavy (non-hydrogen) atoms. The van der Waals surface area contributed by atoms with E-state index in [0.29, 0.717) is 16.9 Å². The van der Waals surface area contributed by atoms with Crippen molar-refractivity contribution in [2.45, 2.75) is 66.8 Å². The Balaban J connectivity index is 2.83. The number of hydrogen-bond donors (Lipinski definition) is 0. The monoisotopic (exact) mass is 223 g/mol. The number of allylic oxidation sites excluding steroid dienone is 1. The summed E-state index contributed by atoms with van der Waals surface area (Å²) < 4.78 is 0. The smallest absolute Gasteiger partial charge is 0.0340 e. The zero-order valence-electron chi connectivity index (χ0n) is 12.1. The fraction of sp³-hybridized carbons (Fsp3) is 0.867. The van der Waals surface area contributed by atoms with Crippen molar-refractivity contribution in [3.8, 4) is 0 Å². The standard InChI is InChI=1S/C15H29N/c1-12-9-8-10-16(12)13(15(5,6)7)11-14(2,3)4/h13H,1,8-11H2,2-7H3. The molecule has 1 heterocycles. The second-order valence-corrected chi connectivity index (χ2v) is 7.51. The summed E-state index contributed by atoms with van der Waals surface area (Å²) in [6.07, 6.45) is 3.72. The Bertz CT molecular complexity index is 252. The molecule has 1 fully saturated rings. The van der Waals surface area contributed by atoms with Gasteiger partial charge in [0.05, 0.1) is 0 Å². The van der Waals surface area contributed by atoms with Gasteiger partial charge < -0.3 is 4.90 Å². The van der Waals surface area contributed by atoms with Crippen LogP contribution in [0, 0.1) is 10.8 Å². The van der Waals surface area contributed by atoms with Crippen LogP contribution < -0.4 is 0 Å². The molecular formula is C15H29N. The highest BCUT2D eigenvalue weighted by Gasteiger charge is 2.35.